The summed E-state index contributed by atoms with van der Waals surface area (Å²) in [4.78, 5) is 29.3. The summed E-state index contributed by atoms with van der Waals surface area (Å²) in [5.41, 5.74) is 8.15. The van der Waals surface area contributed by atoms with Crippen LogP contribution in [0.2, 0.25) is 0 Å². The van der Waals surface area contributed by atoms with Gasteiger partial charge in [-0.05, 0) is 32.4 Å². The largest absolute Gasteiger partial charge is 0.369 e. The van der Waals surface area contributed by atoms with Gasteiger partial charge >= 0.3 is 0 Å². The summed E-state index contributed by atoms with van der Waals surface area (Å²) in [5, 5.41) is 0.977. The van der Waals surface area contributed by atoms with E-state index >= 15 is 0 Å². The van der Waals surface area contributed by atoms with Gasteiger partial charge in [0.25, 0.3) is 0 Å². The molecule has 0 spiro atoms. The predicted molar refractivity (Wildman–Crippen MR) is 107 cm³/mol. The van der Waals surface area contributed by atoms with Crippen molar-refractivity contribution in [2.24, 2.45) is 11.1 Å². The molecule has 0 aliphatic rings. The third-order valence-corrected chi connectivity index (χ3v) is 4.88. The highest BCUT2D eigenvalue weighted by atomic mass is 16.1. The van der Waals surface area contributed by atoms with Gasteiger partial charge in [0.1, 0.15) is 0 Å². The van der Waals surface area contributed by atoms with Gasteiger partial charge in [0, 0.05) is 47.4 Å². The Labute approximate surface area is 159 Å². The van der Waals surface area contributed by atoms with Crippen LogP contribution >= 0.6 is 0 Å². The van der Waals surface area contributed by atoms with Crippen molar-refractivity contribution in [3.8, 4) is 11.1 Å². The van der Waals surface area contributed by atoms with Crippen LogP contribution in [-0.4, -0.2) is 21.2 Å². The van der Waals surface area contributed by atoms with Crippen molar-refractivity contribution in [2.45, 2.75) is 40.2 Å². The van der Waals surface area contributed by atoms with Crippen molar-refractivity contribution in [1.29, 1.82) is 0 Å². The molecular weight excluding hydrogens is 338 g/mol. The van der Waals surface area contributed by atoms with Crippen molar-refractivity contribution in [2.75, 3.05) is 0 Å². The Hall–Kier alpha value is -2.95. The van der Waals surface area contributed by atoms with Gasteiger partial charge in [0.15, 0.2) is 5.78 Å². The number of nitrogens with zero attached hydrogens (tertiary/aromatic N) is 2. The van der Waals surface area contributed by atoms with Crippen molar-refractivity contribution >= 4 is 22.6 Å². The molecule has 27 heavy (non-hydrogen) atoms. The first-order valence-corrected chi connectivity index (χ1v) is 9.21. The number of pyridine rings is 1. The monoisotopic (exact) mass is 363 g/mol. The number of ketones is 1. The molecule has 3 rings (SSSR count). The maximum absolute atomic E-state index is 13.1. The number of carbonyl (C=O) groups is 2. The van der Waals surface area contributed by atoms with Crippen LogP contribution in [0.25, 0.3) is 22.0 Å². The van der Waals surface area contributed by atoms with E-state index in [1.807, 2.05) is 61.7 Å². The van der Waals surface area contributed by atoms with E-state index in [0.717, 1.165) is 28.5 Å². The van der Waals surface area contributed by atoms with Gasteiger partial charge in [-0.3, -0.25) is 14.6 Å². The molecule has 5 nitrogen and oxygen atoms in total. The molecule has 5 heteroatoms. The van der Waals surface area contributed by atoms with Crippen LogP contribution in [0.1, 0.15) is 44.1 Å². The topological polar surface area (TPSA) is 78.0 Å². The Morgan fingerprint density at radius 3 is 2.52 bits per heavy atom. The first kappa shape index (κ1) is 18.8. The molecule has 0 saturated heterocycles. The lowest BCUT2D eigenvalue weighted by molar-refractivity contribution is -0.126. The first-order valence-electron chi connectivity index (χ1n) is 9.21. The molecule has 3 aromatic rings. The number of rotatable bonds is 7. The van der Waals surface area contributed by atoms with Gasteiger partial charge in [-0.2, -0.15) is 0 Å². The third-order valence-electron chi connectivity index (χ3n) is 4.88. The normalized spacial score (nSPS) is 11.7. The van der Waals surface area contributed by atoms with Crippen molar-refractivity contribution < 1.29 is 9.59 Å². The Morgan fingerprint density at radius 1 is 1.15 bits per heavy atom. The number of Topliss-reactive ketones (excluding diaryl/α,β-unsaturated/α-hetero) is 1. The summed E-state index contributed by atoms with van der Waals surface area (Å²) in [5.74, 6) is -0.329. The number of benzene rings is 1. The van der Waals surface area contributed by atoms with Crippen LogP contribution in [0, 0.1) is 5.41 Å². The van der Waals surface area contributed by atoms with Crippen LogP contribution in [-0.2, 0) is 11.3 Å². The number of hydrogen-bond acceptors (Lipinski definition) is 3. The van der Waals surface area contributed by atoms with Crippen molar-refractivity contribution in [3.63, 3.8) is 0 Å². The van der Waals surface area contributed by atoms with Crippen LogP contribution < -0.4 is 5.73 Å². The molecule has 0 unspecified atom stereocenters. The highest BCUT2D eigenvalue weighted by Gasteiger charge is 2.30. The van der Waals surface area contributed by atoms with Gasteiger partial charge < -0.3 is 10.3 Å². The molecule has 0 aliphatic heterocycles. The minimum atomic E-state index is -0.782. The lowest BCUT2D eigenvalue weighted by Crippen LogP contribution is -2.36. The second-order valence-corrected chi connectivity index (χ2v) is 7.49. The van der Waals surface area contributed by atoms with Gasteiger partial charge in [0.05, 0.1) is 11.1 Å². The standard InChI is InChI=1S/C22H25N3O2/c1-4-8-18(26)20-19(15-9-7-12-24-13-15)16-10-5-6-11-17(16)25(20)14-22(2,3)21(23)27/h5-7,9-13H,4,8,14H2,1-3H3,(H2,23,27). The molecule has 140 valence electrons. The molecule has 2 N–H and O–H groups in total. The molecular formula is C22H25N3O2. The number of para-hydroxylation sites is 1. The Balaban J connectivity index is 2.35. The Kier molecular flexibility index (Phi) is 5.13. The van der Waals surface area contributed by atoms with E-state index in [9.17, 15) is 9.59 Å². The molecule has 2 heterocycles. The number of primary amides is 1. The number of carbonyl (C=O) groups excluding carboxylic acids is 2. The Bertz CT molecular complexity index is 987. The number of fused-ring (bicyclic) bond motifs is 1. The second-order valence-electron chi connectivity index (χ2n) is 7.49. The maximum atomic E-state index is 13.1. The second kappa shape index (κ2) is 7.35. The average molecular weight is 363 g/mol. The van der Waals surface area contributed by atoms with Gasteiger partial charge in [-0.25, -0.2) is 0 Å². The fourth-order valence-electron chi connectivity index (χ4n) is 3.38. The van der Waals surface area contributed by atoms with Crippen molar-refractivity contribution in [3.05, 3.63) is 54.5 Å². The fourth-order valence-corrected chi connectivity index (χ4v) is 3.38. The molecule has 1 amide bonds. The molecule has 1 aromatic carbocycles. The molecule has 2 aromatic heterocycles. The Morgan fingerprint density at radius 2 is 1.89 bits per heavy atom. The smallest absolute Gasteiger partial charge is 0.224 e. The van der Waals surface area contributed by atoms with Gasteiger partial charge in [-0.1, -0.05) is 31.2 Å². The van der Waals surface area contributed by atoms with Gasteiger partial charge in [-0.15, -0.1) is 0 Å². The van der Waals surface area contributed by atoms with E-state index in [-0.39, 0.29) is 5.78 Å². The summed E-state index contributed by atoms with van der Waals surface area (Å²) in [6.45, 7) is 5.94. The third kappa shape index (κ3) is 3.50. The number of amides is 1. The first-order chi connectivity index (χ1) is 12.9. The van der Waals surface area contributed by atoms with E-state index in [4.69, 9.17) is 5.73 Å². The van der Waals surface area contributed by atoms with Crippen molar-refractivity contribution in [1.82, 2.24) is 9.55 Å². The van der Waals surface area contributed by atoms with E-state index < -0.39 is 11.3 Å². The van der Waals surface area contributed by atoms with Crippen LogP contribution in [0.5, 0.6) is 0 Å². The molecule has 0 atom stereocenters. The lowest BCUT2D eigenvalue weighted by Gasteiger charge is -2.23. The summed E-state index contributed by atoms with van der Waals surface area (Å²) < 4.78 is 1.96. The zero-order valence-electron chi connectivity index (χ0n) is 16.0. The van der Waals surface area contributed by atoms with Gasteiger partial charge in [0.2, 0.25) is 5.91 Å². The fraction of sp³-hybridized carbons (Fsp3) is 0.318. The zero-order valence-corrected chi connectivity index (χ0v) is 16.0. The van der Waals surface area contributed by atoms with E-state index in [2.05, 4.69) is 4.98 Å². The maximum Gasteiger partial charge on any atom is 0.224 e. The van der Waals surface area contributed by atoms with E-state index in [1.165, 1.54) is 0 Å². The quantitative estimate of drug-likeness (QED) is 0.639. The van der Waals surface area contributed by atoms with Crippen LogP contribution in [0.15, 0.2) is 48.8 Å². The summed E-state index contributed by atoms with van der Waals surface area (Å²) in [7, 11) is 0. The number of hydrogen-bond donors (Lipinski definition) is 1. The predicted octanol–water partition coefficient (Wildman–Crippen LogP) is 4.20. The summed E-state index contributed by atoms with van der Waals surface area (Å²) in [6.07, 6.45) is 4.69. The van der Waals surface area contributed by atoms with Crippen LogP contribution in [0.4, 0.5) is 0 Å². The molecule has 0 radical (unpaired) electrons. The molecule has 0 fully saturated rings. The minimum Gasteiger partial charge on any atom is -0.369 e. The lowest BCUT2D eigenvalue weighted by atomic mass is 9.92. The van der Waals surface area contributed by atoms with E-state index in [0.29, 0.717) is 18.7 Å². The molecule has 0 bridgehead atoms. The number of nitrogens with two attached hydrogens (primary N) is 1. The zero-order chi connectivity index (χ0) is 19.6. The molecule has 0 saturated carbocycles. The number of aromatic nitrogens is 2. The minimum absolute atomic E-state index is 0.0628. The van der Waals surface area contributed by atoms with Crippen LogP contribution in [0.3, 0.4) is 0 Å². The van der Waals surface area contributed by atoms with E-state index in [1.54, 1.807) is 12.4 Å². The molecule has 0 aliphatic carbocycles. The highest BCUT2D eigenvalue weighted by molar-refractivity contribution is 6.11. The highest BCUT2D eigenvalue weighted by Crippen LogP contribution is 2.37. The summed E-state index contributed by atoms with van der Waals surface area (Å²) in [6, 6.07) is 11.7. The SMILES string of the molecule is CCCC(=O)c1c(-c2cccnc2)c2ccccc2n1CC(C)(C)C(N)=O. The average Bonchev–Trinajstić information content (AvgIpc) is 2.96. The summed E-state index contributed by atoms with van der Waals surface area (Å²) >= 11 is 0.